The molecule has 1 aromatic heterocycles. The van der Waals surface area contributed by atoms with Crippen LogP contribution in [0.2, 0.25) is 0 Å². The molecule has 0 unspecified atom stereocenters. The Morgan fingerprint density at radius 2 is 1.96 bits per heavy atom. The monoisotopic (exact) mass is 360 g/mol. The molecule has 2 aliphatic heterocycles. The van der Waals surface area contributed by atoms with Gasteiger partial charge in [0.05, 0.1) is 5.69 Å². The summed E-state index contributed by atoms with van der Waals surface area (Å²) in [4.78, 5) is 29.0. The van der Waals surface area contributed by atoms with E-state index in [4.69, 9.17) is 0 Å². The predicted octanol–water partition coefficient (Wildman–Crippen LogP) is 2.31. The van der Waals surface area contributed by atoms with Crippen molar-refractivity contribution in [2.24, 2.45) is 5.41 Å². The highest BCUT2D eigenvalue weighted by atomic mass is 16.2. The summed E-state index contributed by atoms with van der Waals surface area (Å²) >= 11 is 0. The van der Waals surface area contributed by atoms with Gasteiger partial charge in [-0.25, -0.2) is 0 Å². The maximum Gasteiger partial charge on any atom is 0.244 e. The zero-order chi connectivity index (χ0) is 18.9. The number of aryl methyl sites for hydroxylation is 1. The molecule has 0 saturated carbocycles. The molecule has 0 aliphatic carbocycles. The number of rotatable bonds is 4. The number of piperidine rings is 2. The van der Waals surface area contributed by atoms with Crippen LogP contribution in [0.15, 0.2) is 0 Å². The summed E-state index contributed by atoms with van der Waals surface area (Å²) in [7, 11) is 0. The van der Waals surface area contributed by atoms with Gasteiger partial charge in [0.2, 0.25) is 11.8 Å². The number of nitrogens with zero attached hydrogens (tertiary/aromatic N) is 4. The van der Waals surface area contributed by atoms with Crippen molar-refractivity contribution in [2.45, 2.75) is 66.3 Å². The molecule has 2 amide bonds. The minimum atomic E-state index is 0.0848. The molecule has 0 aromatic carbocycles. The molecule has 2 saturated heterocycles. The number of amides is 2. The smallest absolute Gasteiger partial charge is 0.244 e. The highest BCUT2D eigenvalue weighted by Gasteiger charge is 2.42. The van der Waals surface area contributed by atoms with Crippen LogP contribution in [0.4, 0.5) is 0 Å². The van der Waals surface area contributed by atoms with Gasteiger partial charge in [-0.1, -0.05) is 6.92 Å². The lowest BCUT2D eigenvalue weighted by Crippen LogP contribution is -2.55. The van der Waals surface area contributed by atoms with Crippen LogP contribution >= 0.6 is 0 Å². The standard InChI is InChI=1S/C20H32N4O2/c1-5-17-15(3)21-24(16(17)4)12-19(26)23-11-7-9-20(14-23)10-8-18(25)22(6-2)13-20/h5-14H2,1-4H3/t20-/m1/s1. The fourth-order valence-electron chi connectivity index (χ4n) is 4.77. The minimum absolute atomic E-state index is 0.0848. The molecule has 3 rings (SSSR count). The van der Waals surface area contributed by atoms with E-state index in [9.17, 15) is 9.59 Å². The van der Waals surface area contributed by atoms with E-state index in [-0.39, 0.29) is 17.2 Å². The third-order valence-electron chi connectivity index (χ3n) is 6.31. The average molecular weight is 361 g/mol. The van der Waals surface area contributed by atoms with Crippen LogP contribution in [-0.4, -0.2) is 57.6 Å². The molecular weight excluding hydrogens is 328 g/mol. The van der Waals surface area contributed by atoms with Crippen molar-refractivity contribution in [3.8, 4) is 0 Å². The topological polar surface area (TPSA) is 58.4 Å². The van der Waals surface area contributed by atoms with Crippen LogP contribution in [0.3, 0.4) is 0 Å². The van der Waals surface area contributed by atoms with Crippen molar-refractivity contribution in [3.63, 3.8) is 0 Å². The van der Waals surface area contributed by atoms with Gasteiger partial charge in [0.15, 0.2) is 0 Å². The molecule has 144 valence electrons. The molecule has 2 aliphatic rings. The number of hydrogen-bond donors (Lipinski definition) is 0. The highest BCUT2D eigenvalue weighted by molar-refractivity contribution is 5.78. The van der Waals surface area contributed by atoms with Crippen molar-refractivity contribution in [1.29, 1.82) is 0 Å². The van der Waals surface area contributed by atoms with E-state index < -0.39 is 0 Å². The van der Waals surface area contributed by atoms with Crippen LogP contribution in [-0.2, 0) is 22.6 Å². The van der Waals surface area contributed by atoms with Gasteiger partial charge in [-0.15, -0.1) is 0 Å². The fourth-order valence-corrected chi connectivity index (χ4v) is 4.77. The summed E-state index contributed by atoms with van der Waals surface area (Å²) in [6.07, 6.45) is 4.61. The molecule has 1 aromatic rings. The molecule has 0 N–H and O–H groups in total. The Morgan fingerprint density at radius 3 is 2.62 bits per heavy atom. The Kier molecular flexibility index (Phi) is 5.39. The van der Waals surface area contributed by atoms with E-state index in [2.05, 4.69) is 18.9 Å². The summed E-state index contributed by atoms with van der Waals surface area (Å²) in [5.41, 5.74) is 3.46. The largest absolute Gasteiger partial charge is 0.342 e. The second kappa shape index (κ2) is 7.41. The number of likely N-dealkylation sites (tertiary alicyclic amines) is 2. The van der Waals surface area contributed by atoms with E-state index in [0.717, 1.165) is 63.3 Å². The van der Waals surface area contributed by atoms with Gasteiger partial charge in [-0.05, 0) is 52.0 Å². The molecular formula is C20H32N4O2. The fraction of sp³-hybridized carbons (Fsp3) is 0.750. The molecule has 3 heterocycles. The van der Waals surface area contributed by atoms with Crippen molar-refractivity contribution >= 4 is 11.8 Å². The maximum absolute atomic E-state index is 13.0. The quantitative estimate of drug-likeness (QED) is 0.828. The summed E-state index contributed by atoms with van der Waals surface area (Å²) in [6, 6.07) is 0. The molecule has 26 heavy (non-hydrogen) atoms. The Labute approximate surface area is 156 Å². The second-order valence-corrected chi connectivity index (χ2v) is 7.99. The van der Waals surface area contributed by atoms with Crippen molar-refractivity contribution in [2.75, 3.05) is 26.2 Å². The van der Waals surface area contributed by atoms with Gasteiger partial charge in [-0.2, -0.15) is 5.10 Å². The van der Waals surface area contributed by atoms with E-state index in [1.54, 1.807) is 0 Å². The van der Waals surface area contributed by atoms with E-state index >= 15 is 0 Å². The maximum atomic E-state index is 13.0. The summed E-state index contributed by atoms with van der Waals surface area (Å²) in [5, 5.41) is 4.57. The van der Waals surface area contributed by atoms with Gasteiger partial charge in [-0.3, -0.25) is 14.3 Å². The summed E-state index contributed by atoms with van der Waals surface area (Å²) in [6.45, 7) is 11.7. The van der Waals surface area contributed by atoms with Crippen molar-refractivity contribution in [3.05, 3.63) is 17.0 Å². The van der Waals surface area contributed by atoms with E-state index in [1.807, 2.05) is 28.3 Å². The molecule has 6 nitrogen and oxygen atoms in total. The van der Waals surface area contributed by atoms with E-state index in [1.165, 1.54) is 5.56 Å². The highest BCUT2D eigenvalue weighted by Crippen LogP contribution is 2.38. The van der Waals surface area contributed by atoms with Crippen LogP contribution in [0.25, 0.3) is 0 Å². The van der Waals surface area contributed by atoms with Gasteiger partial charge in [0.1, 0.15) is 6.54 Å². The number of hydrogen-bond acceptors (Lipinski definition) is 3. The van der Waals surface area contributed by atoms with Crippen LogP contribution in [0.5, 0.6) is 0 Å². The zero-order valence-corrected chi connectivity index (χ0v) is 16.7. The minimum Gasteiger partial charge on any atom is -0.342 e. The van der Waals surface area contributed by atoms with Crippen LogP contribution in [0.1, 0.15) is 56.5 Å². The average Bonchev–Trinajstić information content (AvgIpc) is 2.90. The first kappa shape index (κ1) is 18.9. The summed E-state index contributed by atoms with van der Waals surface area (Å²) < 4.78 is 1.86. The van der Waals surface area contributed by atoms with Gasteiger partial charge < -0.3 is 9.80 Å². The van der Waals surface area contributed by atoms with E-state index in [0.29, 0.717) is 13.0 Å². The molecule has 0 radical (unpaired) electrons. The normalized spacial score (nSPS) is 23.8. The molecule has 0 bridgehead atoms. The first-order valence-electron chi connectivity index (χ1n) is 9.97. The molecule has 2 fully saturated rings. The third-order valence-corrected chi connectivity index (χ3v) is 6.31. The number of aromatic nitrogens is 2. The predicted molar refractivity (Wildman–Crippen MR) is 101 cm³/mol. The zero-order valence-electron chi connectivity index (χ0n) is 16.7. The lowest BCUT2D eigenvalue weighted by atomic mass is 9.73. The third kappa shape index (κ3) is 3.51. The Bertz CT molecular complexity index is 696. The number of carbonyl (C=O) groups excluding carboxylic acids is 2. The van der Waals surface area contributed by atoms with Crippen molar-refractivity contribution in [1.82, 2.24) is 19.6 Å². The van der Waals surface area contributed by atoms with Gasteiger partial charge >= 0.3 is 0 Å². The molecule has 6 heteroatoms. The first-order valence-corrected chi connectivity index (χ1v) is 9.97. The van der Waals surface area contributed by atoms with Gasteiger partial charge in [0, 0.05) is 43.7 Å². The van der Waals surface area contributed by atoms with Crippen molar-refractivity contribution < 1.29 is 9.59 Å². The van der Waals surface area contributed by atoms with Gasteiger partial charge in [0.25, 0.3) is 0 Å². The lowest BCUT2D eigenvalue weighted by Gasteiger charge is -2.48. The summed E-state index contributed by atoms with van der Waals surface area (Å²) in [5.74, 6) is 0.411. The molecule has 1 atom stereocenters. The lowest BCUT2D eigenvalue weighted by molar-refractivity contribution is -0.143. The second-order valence-electron chi connectivity index (χ2n) is 7.99. The number of carbonyl (C=O) groups is 2. The van der Waals surface area contributed by atoms with Crippen LogP contribution < -0.4 is 0 Å². The van der Waals surface area contributed by atoms with Crippen LogP contribution in [0, 0.1) is 19.3 Å². The molecule has 1 spiro atoms. The Morgan fingerprint density at radius 1 is 1.19 bits per heavy atom. The Hall–Kier alpha value is -1.85. The SMILES string of the molecule is CCc1c(C)nn(CC(=O)N2CCC[C@]3(CCC(=O)N(CC)C3)C2)c1C. The first-order chi connectivity index (χ1) is 12.4. The Balaban J connectivity index is 1.70.